The molecule has 0 spiro atoms. The molecule has 0 bridgehead atoms. The van der Waals surface area contributed by atoms with E-state index in [1.807, 2.05) is 18.9 Å². The van der Waals surface area contributed by atoms with Crippen LogP contribution in [0.2, 0.25) is 0 Å². The Kier molecular flexibility index (Phi) is 3.62. The third-order valence-corrected chi connectivity index (χ3v) is 2.47. The van der Waals surface area contributed by atoms with Gasteiger partial charge in [0.25, 0.3) is 0 Å². The molecule has 0 amide bonds. The van der Waals surface area contributed by atoms with Crippen molar-refractivity contribution in [1.82, 2.24) is 9.97 Å². The molecule has 0 aliphatic carbocycles. The fraction of sp³-hybridized carbons (Fsp3) is 0.500. The fourth-order valence-corrected chi connectivity index (χ4v) is 1.40. The van der Waals surface area contributed by atoms with E-state index in [-0.39, 0.29) is 12.6 Å². The molecular formula is C8H12BrN3O. The van der Waals surface area contributed by atoms with Gasteiger partial charge in [-0.05, 0) is 22.9 Å². The third kappa shape index (κ3) is 2.38. The average molecular weight is 246 g/mol. The molecule has 0 radical (unpaired) electrons. The van der Waals surface area contributed by atoms with Crippen LogP contribution in [-0.4, -0.2) is 34.8 Å². The maximum Gasteiger partial charge on any atom is 0.146 e. The van der Waals surface area contributed by atoms with Gasteiger partial charge < -0.3 is 10.0 Å². The molecule has 13 heavy (non-hydrogen) atoms. The van der Waals surface area contributed by atoms with Crippen LogP contribution in [0.15, 0.2) is 17.0 Å². The molecule has 0 saturated carbocycles. The fourth-order valence-electron chi connectivity index (χ4n) is 0.897. The quantitative estimate of drug-likeness (QED) is 0.866. The summed E-state index contributed by atoms with van der Waals surface area (Å²) in [6, 6.07) is 0.0474. The van der Waals surface area contributed by atoms with Gasteiger partial charge in [-0.15, -0.1) is 0 Å². The molecule has 1 aromatic rings. The van der Waals surface area contributed by atoms with Crippen LogP contribution in [0.4, 0.5) is 5.82 Å². The molecule has 0 aliphatic rings. The summed E-state index contributed by atoms with van der Waals surface area (Å²) in [4.78, 5) is 9.86. The van der Waals surface area contributed by atoms with Crippen molar-refractivity contribution in [1.29, 1.82) is 0 Å². The van der Waals surface area contributed by atoms with Gasteiger partial charge in [0.1, 0.15) is 12.1 Å². The van der Waals surface area contributed by atoms with Gasteiger partial charge >= 0.3 is 0 Å². The van der Waals surface area contributed by atoms with E-state index < -0.39 is 0 Å². The van der Waals surface area contributed by atoms with Crippen molar-refractivity contribution in [2.24, 2.45) is 0 Å². The number of aliphatic hydroxyl groups is 1. The second-order valence-corrected chi connectivity index (χ2v) is 3.69. The molecule has 1 atom stereocenters. The van der Waals surface area contributed by atoms with E-state index in [0.717, 1.165) is 10.3 Å². The second-order valence-electron chi connectivity index (χ2n) is 2.84. The minimum Gasteiger partial charge on any atom is -0.394 e. The van der Waals surface area contributed by atoms with Crippen molar-refractivity contribution >= 4 is 21.7 Å². The number of aliphatic hydroxyl groups excluding tert-OH is 1. The van der Waals surface area contributed by atoms with Crippen molar-refractivity contribution in [3.8, 4) is 0 Å². The summed E-state index contributed by atoms with van der Waals surface area (Å²) < 4.78 is 0.831. The molecule has 1 N–H and O–H groups in total. The lowest BCUT2D eigenvalue weighted by Crippen LogP contribution is -2.32. The Balaban J connectivity index is 2.88. The van der Waals surface area contributed by atoms with E-state index in [4.69, 9.17) is 5.11 Å². The first-order chi connectivity index (χ1) is 6.16. The standard InChI is InChI=1S/C8H12BrN3O/c1-6(4-13)12(2)8-7(9)3-10-5-11-8/h3,5-6,13H,4H2,1-2H3/t6-/m0/s1. The van der Waals surface area contributed by atoms with Crippen LogP contribution < -0.4 is 4.90 Å². The Morgan fingerprint density at radius 2 is 2.38 bits per heavy atom. The molecule has 72 valence electrons. The van der Waals surface area contributed by atoms with Crippen molar-refractivity contribution < 1.29 is 5.11 Å². The normalized spacial score (nSPS) is 12.6. The molecule has 0 fully saturated rings. The largest absolute Gasteiger partial charge is 0.394 e. The summed E-state index contributed by atoms with van der Waals surface area (Å²) in [5, 5.41) is 8.96. The summed E-state index contributed by atoms with van der Waals surface area (Å²) >= 11 is 3.35. The topological polar surface area (TPSA) is 49.2 Å². The van der Waals surface area contributed by atoms with Gasteiger partial charge in [-0.1, -0.05) is 0 Å². The molecule has 1 rings (SSSR count). The zero-order chi connectivity index (χ0) is 9.84. The first kappa shape index (κ1) is 10.4. The van der Waals surface area contributed by atoms with Gasteiger partial charge in [0.05, 0.1) is 17.1 Å². The Hall–Kier alpha value is -0.680. The second kappa shape index (κ2) is 4.53. The Bertz CT molecular complexity index is 282. The Labute approximate surface area is 85.8 Å². The lowest BCUT2D eigenvalue weighted by atomic mass is 10.3. The lowest BCUT2D eigenvalue weighted by Gasteiger charge is -2.24. The Morgan fingerprint density at radius 3 is 2.92 bits per heavy atom. The highest BCUT2D eigenvalue weighted by atomic mass is 79.9. The van der Waals surface area contributed by atoms with Crippen LogP contribution in [0.5, 0.6) is 0 Å². The first-order valence-electron chi connectivity index (χ1n) is 3.96. The van der Waals surface area contributed by atoms with E-state index in [1.54, 1.807) is 6.20 Å². The maximum atomic E-state index is 8.96. The van der Waals surface area contributed by atoms with Crippen LogP contribution in [0.3, 0.4) is 0 Å². The van der Waals surface area contributed by atoms with Gasteiger partial charge in [0, 0.05) is 13.2 Å². The summed E-state index contributed by atoms with van der Waals surface area (Å²) in [5.74, 6) is 0.788. The smallest absolute Gasteiger partial charge is 0.146 e. The van der Waals surface area contributed by atoms with Gasteiger partial charge in [0.15, 0.2) is 0 Å². The van der Waals surface area contributed by atoms with Crippen molar-refractivity contribution in [3.63, 3.8) is 0 Å². The minimum absolute atomic E-state index is 0.0474. The van der Waals surface area contributed by atoms with Crippen molar-refractivity contribution in [2.75, 3.05) is 18.6 Å². The molecule has 0 aliphatic heterocycles. The van der Waals surface area contributed by atoms with Crippen LogP contribution in [0.25, 0.3) is 0 Å². The summed E-state index contributed by atoms with van der Waals surface area (Å²) in [7, 11) is 1.88. The molecule has 0 unspecified atom stereocenters. The minimum atomic E-state index is 0.0474. The van der Waals surface area contributed by atoms with Crippen LogP contribution >= 0.6 is 15.9 Å². The number of halogens is 1. The number of rotatable bonds is 3. The first-order valence-corrected chi connectivity index (χ1v) is 4.75. The number of hydrogen-bond acceptors (Lipinski definition) is 4. The molecule has 0 saturated heterocycles. The number of anilines is 1. The molecule has 1 heterocycles. The highest BCUT2D eigenvalue weighted by Gasteiger charge is 2.12. The Morgan fingerprint density at radius 1 is 1.69 bits per heavy atom. The van der Waals surface area contributed by atoms with E-state index in [0.29, 0.717) is 0 Å². The predicted molar refractivity (Wildman–Crippen MR) is 54.7 cm³/mol. The zero-order valence-electron chi connectivity index (χ0n) is 7.61. The molecule has 1 aromatic heterocycles. The third-order valence-electron chi connectivity index (χ3n) is 1.91. The molecule has 0 aromatic carbocycles. The molecular weight excluding hydrogens is 234 g/mol. The molecule has 5 heteroatoms. The van der Waals surface area contributed by atoms with Gasteiger partial charge in [-0.25, -0.2) is 9.97 Å². The highest BCUT2D eigenvalue weighted by molar-refractivity contribution is 9.10. The van der Waals surface area contributed by atoms with E-state index >= 15 is 0 Å². The maximum absolute atomic E-state index is 8.96. The van der Waals surface area contributed by atoms with Gasteiger partial charge in [-0.3, -0.25) is 0 Å². The van der Waals surface area contributed by atoms with Gasteiger partial charge in [0.2, 0.25) is 0 Å². The summed E-state index contributed by atoms with van der Waals surface area (Å²) in [6.07, 6.45) is 3.17. The van der Waals surface area contributed by atoms with Gasteiger partial charge in [-0.2, -0.15) is 0 Å². The predicted octanol–water partition coefficient (Wildman–Crippen LogP) is 1.06. The van der Waals surface area contributed by atoms with Crippen LogP contribution in [0.1, 0.15) is 6.92 Å². The SMILES string of the molecule is C[C@@H](CO)N(C)c1ncncc1Br. The van der Waals surface area contributed by atoms with Crippen molar-refractivity contribution in [2.45, 2.75) is 13.0 Å². The van der Waals surface area contributed by atoms with Crippen LogP contribution in [-0.2, 0) is 0 Å². The highest BCUT2D eigenvalue weighted by Crippen LogP contribution is 2.21. The lowest BCUT2D eigenvalue weighted by molar-refractivity contribution is 0.269. The summed E-state index contributed by atoms with van der Waals surface area (Å²) in [6.45, 7) is 2.03. The number of aromatic nitrogens is 2. The van der Waals surface area contributed by atoms with Crippen LogP contribution in [0, 0.1) is 0 Å². The monoisotopic (exact) mass is 245 g/mol. The number of hydrogen-bond donors (Lipinski definition) is 1. The molecule has 4 nitrogen and oxygen atoms in total. The average Bonchev–Trinajstić information content (AvgIpc) is 2.16. The summed E-state index contributed by atoms with van der Waals surface area (Å²) in [5.41, 5.74) is 0. The van der Waals surface area contributed by atoms with E-state index in [1.165, 1.54) is 6.33 Å². The number of nitrogens with zero attached hydrogens (tertiary/aromatic N) is 3. The zero-order valence-corrected chi connectivity index (χ0v) is 9.19. The van der Waals surface area contributed by atoms with Crippen molar-refractivity contribution in [3.05, 3.63) is 17.0 Å². The van der Waals surface area contributed by atoms with E-state index in [9.17, 15) is 0 Å². The van der Waals surface area contributed by atoms with E-state index in [2.05, 4.69) is 25.9 Å². The number of likely N-dealkylation sites (N-methyl/N-ethyl adjacent to an activating group) is 1.